The minimum Gasteiger partial charge on any atom is -0.508 e. The van der Waals surface area contributed by atoms with Crippen LogP contribution in [0.5, 0.6) is 11.5 Å². The molecule has 3 N–H and O–H groups in total. The van der Waals surface area contributed by atoms with Gasteiger partial charge in [0, 0.05) is 23.2 Å². The number of ether oxygens (including phenoxy) is 1. The van der Waals surface area contributed by atoms with Crippen LogP contribution in [0.4, 0.5) is 5.69 Å². The number of hydrogen-bond donors (Lipinski definition) is 2. The maximum atomic E-state index is 9.50. The average molecular weight is 296 g/mol. The van der Waals surface area contributed by atoms with E-state index in [1.54, 1.807) is 18.2 Å². The molecular formula is C18H20N2O2. The molecule has 22 heavy (non-hydrogen) atoms. The lowest BCUT2D eigenvalue weighted by Crippen LogP contribution is -2.08. The number of phenols is 1. The Balaban J connectivity index is 1.96. The van der Waals surface area contributed by atoms with E-state index in [0.717, 1.165) is 22.3 Å². The standard InChI is InChI=1S/C18H20N2O2/c1-12(2)20-13(9-16-17(19)7-4-8-18(16)20)11-22-15-6-3-5-14(21)10-15/h3-10,12,21H,11,19H2,1-2H3. The molecule has 0 aliphatic heterocycles. The number of anilines is 1. The van der Waals surface area contributed by atoms with Gasteiger partial charge in [0.15, 0.2) is 0 Å². The van der Waals surface area contributed by atoms with Crippen LogP contribution >= 0.6 is 0 Å². The molecule has 0 spiro atoms. The first-order chi connectivity index (χ1) is 10.6. The Labute approximate surface area is 129 Å². The SMILES string of the molecule is CC(C)n1c(COc2cccc(O)c2)cc2c(N)cccc21. The lowest BCUT2D eigenvalue weighted by molar-refractivity contribution is 0.291. The quantitative estimate of drug-likeness (QED) is 0.713. The molecule has 114 valence electrons. The van der Waals surface area contributed by atoms with Crippen molar-refractivity contribution in [3.05, 3.63) is 54.2 Å². The summed E-state index contributed by atoms with van der Waals surface area (Å²) in [6.45, 7) is 4.71. The van der Waals surface area contributed by atoms with E-state index in [1.807, 2.05) is 18.2 Å². The van der Waals surface area contributed by atoms with Gasteiger partial charge in [-0.05, 0) is 44.2 Å². The van der Waals surface area contributed by atoms with Gasteiger partial charge in [-0.15, -0.1) is 0 Å². The van der Waals surface area contributed by atoms with Crippen LogP contribution in [0.1, 0.15) is 25.6 Å². The number of nitrogens with zero attached hydrogens (tertiary/aromatic N) is 1. The molecule has 3 aromatic rings. The second-order valence-electron chi connectivity index (χ2n) is 5.67. The Morgan fingerprint density at radius 1 is 1.14 bits per heavy atom. The van der Waals surface area contributed by atoms with Crippen LogP contribution in [-0.4, -0.2) is 9.67 Å². The predicted octanol–water partition coefficient (Wildman–Crippen LogP) is 4.09. The Bertz CT molecular complexity index is 806. The highest BCUT2D eigenvalue weighted by atomic mass is 16.5. The molecule has 0 radical (unpaired) electrons. The summed E-state index contributed by atoms with van der Waals surface area (Å²) < 4.78 is 8.04. The first-order valence-electron chi connectivity index (χ1n) is 7.36. The fourth-order valence-electron chi connectivity index (χ4n) is 2.78. The smallest absolute Gasteiger partial charge is 0.128 e. The van der Waals surface area contributed by atoms with Crippen molar-refractivity contribution in [1.82, 2.24) is 4.57 Å². The van der Waals surface area contributed by atoms with Gasteiger partial charge in [0.2, 0.25) is 0 Å². The number of fused-ring (bicyclic) bond motifs is 1. The molecule has 4 heteroatoms. The van der Waals surface area contributed by atoms with E-state index in [-0.39, 0.29) is 5.75 Å². The summed E-state index contributed by atoms with van der Waals surface area (Å²) in [6.07, 6.45) is 0. The summed E-state index contributed by atoms with van der Waals surface area (Å²) in [5.41, 5.74) is 9.03. The zero-order valence-electron chi connectivity index (χ0n) is 12.8. The maximum absolute atomic E-state index is 9.50. The number of aromatic hydroxyl groups is 1. The molecular weight excluding hydrogens is 276 g/mol. The van der Waals surface area contributed by atoms with Gasteiger partial charge in [0.25, 0.3) is 0 Å². The van der Waals surface area contributed by atoms with Gasteiger partial charge in [-0.1, -0.05) is 12.1 Å². The predicted molar refractivity (Wildman–Crippen MR) is 89.2 cm³/mol. The van der Waals surface area contributed by atoms with Gasteiger partial charge in [0.05, 0.1) is 11.2 Å². The fourth-order valence-corrected chi connectivity index (χ4v) is 2.78. The molecule has 1 aromatic heterocycles. The number of aromatic nitrogens is 1. The van der Waals surface area contributed by atoms with Crippen molar-refractivity contribution in [2.75, 3.05) is 5.73 Å². The van der Waals surface area contributed by atoms with Gasteiger partial charge < -0.3 is 20.1 Å². The molecule has 0 saturated heterocycles. The van der Waals surface area contributed by atoms with E-state index >= 15 is 0 Å². The Kier molecular flexibility index (Phi) is 3.67. The summed E-state index contributed by atoms with van der Waals surface area (Å²) in [5, 5.41) is 10.5. The van der Waals surface area contributed by atoms with Gasteiger partial charge >= 0.3 is 0 Å². The van der Waals surface area contributed by atoms with E-state index in [9.17, 15) is 5.11 Å². The molecule has 0 amide bonds. The first-order valence-corrected chi connectivity index (χ1v) is 7.36. The van der Waals surface area contributed by atoms with Crippen molar-refractivity contribution in [3.63, 3.8) is 0 Å². The zero-order chi connectivity index (χ0) is 15.7. The average Bonchev–Trinajstić information content (AvgIpc) is 2.85. The van der Waals surface area contributed by atoms with E-state index in [4.69, 9.17) is 10.5 Å². The van der Waals surface area contributed by atoms with Crippen molar-refractivity contribution in [2.24, 2.45) is 0 Å². The summed E-state index contributed by atoms with van der Waals surface area (Å²) in [4.78, 5) is 0. The van der Waals surface area contributed by atoms with E-state index in [2.05, 4.69) is 30.5 Å². The van der Waals surface area contributed by atoms with Crippen LogP contribution in [-0.2, 0) is 6.61 Å². The number of hydrogen-bond acceptors (Lipinski definition) is 3. The van der Waals surface area contributed by atoms with Crippen molar-refractivity contribution >= 4 is 16.6 Å². The highest BCUT2D eigenvalue weighted by molar-refractivity contribution is 5.92. The molecule has 3 rings (SSSR count). The highest BCUT2D eigenvalue weighted by Gasteiger charge is 2.13. The lowest BCUT2D eigenvalue weighted by Gasteiger charge is -2.15. The van der Waals surface area contributed by atoms with Crippen molar-refractivity contribution in [3.8, 4) is 11.5 Å². The molecule has 4 nitrogen and oxygen atoms in total. The molecule has 0 aliphatic rings. The van der Waals surface area contributed by atoms with Crippen LogP contribution in [0, 0.1) is 0 Å². The number of phenolic OH excluding ortho intramolecular Hbond substituents is 1. The number of nitrogens with two attached hydrogens (primary N) is 1. The van der Waals surface area contributed by atoms with Gasteiger partial charge in [0.1, 0.15) is 18.1 Å². The lowest BCUT2D eigenvalue weighted by atomic mass is 10.2. The highest BCUT2D eigenvalue weighted by Crippen LogP contribution is 2.29. The Morgan fingerprint density at radius 2 is 1.91 bits per heavy atom. The van der Waals surface area contributed by atoms with Gasteiger partial charge in [-0.25, -0.2) is 0 Å². The van der Waals surface area contributed by atoms with Crippen molar-refractivity contribution in [2.45, 2.75) is 26.5 Å². The van der Waals surface area contributed by atoms with Crippen LogP contribution in [0.25, 0.3) is 10.9 Å². The van der Waals surface area contributed by atoms with Crippen LogP contribution in [0.15, 0.2) is 48.5 Å². The fraction of sp³-hybridized carbons (Fsp3) is 0.222. The van der Waals surface area contributed by atoms with Crippen LogP contribution in [0.2, 0.25) is 0 Å². The van der Waals surface area contributed by atoms with Gasteiger partial charge in [-0.2, -0.15) is 0 Å². The molecule has 0 aliphatic carbocycles. The topological polar surface area (TPSA) is 60.4 Å². The second kappa shape index (κ2) is 5.64. The molecule has 0 bridgehead atoms. The molecule has 2 aromatic carbocycles. The summed E-state index contributed by atoms with van der Waals surface area (Å²) in [6, 6.07) is 15.2. The Hall–Kier alpha value is -2.62. The number of benzene rings is 2. The normalized spacial score (nSPS) is 11.2. The van der Waals surface area contributed by atoms with Crippen molar-refractivity contribution < 1.29 is 9.84 Å². The monoisotopic (exact) mass is 296 g/mol. The summed E-state index contributed by atoms with van der Waals surface area (Å²) in [7, 11) is 0. The molecule has 0 atom stereocenters. The third-order valence-corrected chi connectivity index (χ3v) is 3.72. The summed E-state index contributed by atoms with van der Waals surface area (Å²) in [5.74, 6) is 0.847. The minimum absolute atomic E-state index is 0.200. The zero-order valence-corrected chi connectivity index (χ0v) is 12.8. The maximum Gasteiger partial charge on any atom is 0.128 e. The Morgan fingerprint density at radius 3 is 2.64 bits per heavy atom. The molecule has 1 heterocycles. The summed E-state index contributed by atoms with van der Waals surface area (Å²) >= 11 is 0. The van der Waals surface area contributed by atoms with Gasteiger partial charge in [-0.3, -0.25) is 0 Å². The van der Waals surface area contributed by atoms with E-state index in [0.29, 0.717) is 18.4 Å². The van der Waals surface area contributed by atoms with E-state index in [1.165, 1.54) is 0 Å². The third kappa shape index (κ3) is 2.60. The number of rotatable bonds is 4. The first kappa shape index (κ1) is 14.3. The molecule has 0 saturated carbocycles. The molecule has 0 unspecified atom stereocenters. The number of nitrogen functional groups attached to an aromatic ring is 1. The second-order valence-corrected chi connectivity index (χ2v) is 5.67. The van der Waals surface area contributed by atoms with Crippen LogP contribution in [0.3, 0.4) is 0 Å². The minimum atomic E-state index is 0.200. The molecule has 0 fully saturated rings. The van der Waals surface area contributed by atoms with Crippen molar-refractivity contribution in [1.29, 1.82) is 0 Å². The van der Waals surface area contributed by atoms with E-state index < -0.39 is 0 Å². The van der Waals surface area contributed by atoms with Crippen LogP contribution < -0.4 is 10.5 Å². The largest absolute Gasteiger partial charge is 0.508 e. The third-order valence-electron chi connectivity index (χ3n) is 3.72.